The molecule has 1 fully saturated rings. The summed E-state index contributed by atoms with van der Waals surface area (Å²) < 4.78 is 5.31. The largest absolute Gasteiger partial charge is 0.383 e. The van der Waals surface area contributed by atoms with Crippen LogP contribution in [0.5, 0.6) is 0 Å². The minimum atomic E-state index is 0.404. The van der Waals surface area contributed by atoms with Gasteiger partial charge in [0.2, 0.25) is 0 Å². The van der Waals surface area contributed by atoms with E-state index in [0.29, 0.717) is 18.1 Å². The maximum absolute atomic E-state index is 5.98. The van der Waals surface area contributed by atoms with Crippen LogP contribution < -0.4 is 5.73 Å². The first-order valence-electron chi connectivity index (χ1n) is 6.19. The zero-order chi connectivity index (χ0) is 11.3. The van der Waals surface area contributed by atoms with Crippen molar-refractivity contribution in [3.63, 3.8) is 0 Å². The monoisotopic (exact) mass is 214 g/mol. The van der Waals surface area contributed by atoms with Crippen molar-refractivity contribution < 1.29 is 4.74 Å². The molecule has 15 heavy (non-hydrogen) atoms. The van der Waals surface area contributed by atoms with E-state index in [4.69, 9.17) is 10.5 Å². The Balaban J connectivity index is 2.50. The Morgan fingerprint density at radius 2 is 2.27 bits per heavy atom. The first-order chi connectivity index (χ1) is 7.19. The summed E-state index contributed by atoms with van der Waals surface area (Å²) in [6.45, 7) is 6.52. The Kier molecular flexibility index (Phi) is 5.58. The fourth-order valence-corrected chi connectivity index (χ4v) is 2.64. The Hall–Kier alpha value is -0.120. The van der Waals surface area contributed by atoms with Gasteiger partial charge in [0.15, 0.2) is 0 Å². The van der Waals surface area contributed by atoms with Crippen molar-refractivity contribution in [1.82, 2.24) is 4.90 Å². The highest BCUT2D eigenvalue weighted by molar-refractivity contribution is 4.85. The van der Waals surface area contributed by atoms with Crippen molar-refractivity contribution in [3.05, 3.63) is 0 Å². The van der Waals surface area contributed by atoms with E-state index >= 15 is 0 Å². The molecule has 0 spiro atoms. The first kappa shape index (κ1) is 12.9. The summed E-state index contributed by atoms with van der Waals surface area (Å²) >= 11 is 0. The van der Waals surface area contributed by atoms with Gasteiger partial charge in [-0.15, -0.1) is 0 Å². The van der Waals surface area contributed by atoms with Crippen LogP contribution >= 0.6 is 0 Å². The lowest BCUT2D eigenvalue weighted by molar-refractivity contribution is 0.0373. The van der Waals surface area contributed by atoms with E-state index in [9.17, 15) is 0 Å². The number of nitrogens with two attached hydrogens (primary N) is 1. The number of likely N-dealkylation sites (tertiary alicyclic amines) is 1. The molecule has 0 aromatic carbocycles. The predicted octanol–water partition coefficient (Wildman–Crippen LogP) is 1.61. The smallest absolute Gasteiger partial charge is 0.0618 e. The molecule has 1 saturated heterocycles. The second-order valence-corrected chi connectivity index (χ2v) is 4.77. The summed E-state index contributed by atoms with van der Waals surface area (Å²) in [6, 6.07) is 1.60. The van der Waals surface area contributed by atoms with E-state index in [1.165, 1.54) is 12.8 Å². The second-order valence-electron chi connectivity index (χ2n) is 4.77. The summed E-state index contributed by atoms with van der Waals surface area (Å²) in [5.74, 6) is 0. The topological polar surface area (TPSA) is 38.5 Å². The molecule has 3 atom stereocenters. The molecule has 1 heterocycles. The fraction of sp³-hybridized carbons (Fsp3) is 1.00. The minimum Gasteiger partial charge on any atom is -0.383 e. The number of methoxy groups -OCH3 is 1. The molecule has 0 saturated carbocycles. The highest BCUT2D eigenvalue weighted by atomic mass is 16.5. The summed E-state index contributed by atoms with van der Waals surface area (Å²) in [5, 5.41) is 0. The number of nitrogens with zero attached hydrogens (tertiary/aromatic N) is 1. The molecule has 1 aliphatic rings. The van der Waals surface area contributed by atoms with Crippen LogP contribution in [0.2, 0.25) is 0 Å². The highest BCUT2D eigenvalue weighted by Crippen LogP contribution is 2.21. The van der Waals surface area contributed by atoms with Crippen LogP contribution in [0, 0.1) is 0 Å². The molecule has 0 amide bonds. The number of piperidine rings is 1. The summed E-state index contributed by atoms with van der Waals surface area (Å²) in [6.07, 6.45) is 4.72. The van der Waals surface area contributed by atoms with E-state index < -0.39 is 0 Å². The van der Waals surface area contributed by atoms with Crippen LogP contribution in [-0.4, -0.2) is 43.3 Å². The van der Waals surface area contributed by atoms with E-state index in [2.05, 4.69) is 18.7 Å². The van der Waals surface area contributed by atoms with E-state index in [0.717, 1.165) is 26.0 Å². The quantitative estimate of drug-likeness (QED) is 0.755. The van der Waals surface area contributed by atoms with Crippen LogP contribution in [0.25, 0.3) is 0 Å². The first-order valence-corrected chi connectivity index (χ1v) is 6.19. The van der Waals surface area contributed by atoms with Gasteiger partial charge in [-0.3, -0.25) is 4.90 Å². The van der Waals surface area contributed by atoms with Gasteiger partial charge in [-0.25, -0.2) is 0 Å². The van der Waals surface area contributed by atoms with Gasteiger partial charge in [0.25, 0.3) is 0 Å². The molecule has 0 aromatic heterocycles. The summed E-state index contributed by atoms with van der Waals surface area (Å²) in [5.41, 5.74) is 5.98. The van der Waals surface area contributed by atoms with Gasteiger partial charge >= 0.3 is 0 Å². The molecule has 1 aliphatic heterocycles. The average molecular weight is 214 g/mol. The van der Waals surface area contributed by atoms with Crippen molar-refractivity contribution in [2.45, 2.75) is 57.7 Å². The Labute approximate surface area is 94.0 Å². The van der Waals surface area contributed by atoms with E-state index in [1.54, 1.807) is 7.11 Å². The van der Waals surface area contributed by atoms with Gasteiger partial charge in [0.1, 0.15) is 0 Å². The van der Waals surface area contributed by atoms with Crippen LogP contribution in [0.15, 0.2) is 0 Å². The van der Waals surface area contributed by atoms with Crippen molar-refractivity contribution >= 4 is 0 Å². The van der Waals surface area contributed by atoms with E-state index in [-0.39, 0.29) is 0 Å². The van der Waals surface area contributed by atoms with E-state index in [1.807, 2.05) is 0 Å². The normalized spacial score (nSPS) is 30.4. The molecule has 2 N–H and O–H groups in total. The fourth-order valence-electron chi connectivity index (χ4n) is 2.64. The van der Waals surface area contributed by atoms with Crippen molar-refractivity contribution in [1.29, 1.82) is 0 Å². The molecule has 0 aliphatic carbocycles. The van der Waals surface area contributed by atoms with Crippen molar-refractivity contribution in [2.75, 3.05) is 20.3 Å². The number of rotatable bonds is 5. The standard InChI is InChI=1S/C12H26N2O/c1-4-5-12(9-15-3)14-7-6-11(13)8-10(14)2/h10-12H,4-9,13H2,1-3H3. The zero-order valence-electron chi connectivity index (χ0n) is 10.4. The maximum atomic E-state index is 5.98. The SMILES string of the molecule is CCCC(COC)N1CCC(N)CC1C. The van der Waals surface area contributed by atoms with Crippen LogP contribution in [0.3, 0.4) is 0 Å². The third-order valence-corrected chi connectivity index (χ3v) is 3.42. The van der Waals surface area contributed by atoms with Crippen molar-refractivity contribution in [3.8, 4) is 0 Å². The Morgan fingerprint density at radius 1 is 1.53 bits per heavy atom. The molecule has 0 bridgehead atoms. The molecule has 3 unspecified atom stereocenters. The van der Waals surface area contributed by atoms with Crippen molar-refractivity contribution in [2.24, 2.45) is 5.73 Å². The number of hydrogen-bond acceptors (Lipinski definition) is 3. The lowest BCUT2D eigenvalue weighted by Gasteiger charge is -2.41. The summed E-state index contributed by atoms with van der Waals surface area (Å²) in [7, 11) is 1.79. The third-order valence-electron chi connectivity index (χ3n) is 3.42. The number of hydrogen-bond donors (Lipinski definition) is 1. The highest BCUT2D eigenvalue weighted by Gasteiger charge is 2.28. The second kappa shape index (κ2) is 6.46. The average Bonchev–Trinajstić information content (AvgIpc) is 2.17. The lowest BCUT2D eigenvalue weighted by atomic mass is 9.96. The molecular formula is C12H26N2O. The van der Waals surface area contributed by atoms with Gasteiger partial charge < -0.3 is 10.5 Å². The molecule has 90 valence electrons. The number of ether oxygens (including phenoxy) is 1. The third kappa shape index (κ3) is 3.74. The van der Waals surface area contributed by atoms with Crippen LogP contribution in [0.4, 0.5) is 0 Å². The Morgan fingerprint density at radius 3 is 2.80 bits per heavy atom. The maximum Gasteiger partial charge on any atom is 0.0618 e. The van der Waals surface area contributed by atoms with Crippen LogP contribution in [0.1, 0.15) is 39.5 Å². The van der Waals surface area contributed by atoms with Gasteiger partial charge in [0, 0.05) is 31.8 Å². The molecule has 1 rings (SSSR count). The molecule has 0 aromatic rings. The zero-order valence-corrected chi connectivity index (χ0v) is 10.4. The molecule has 3 heteroatoms. The molecule has 3 nitrogen and oxygen atoms in total. The minimum absolute atomic E-state index is 0.404. The predicted molar refractivity (Wildman–Crippen MR) is 63.9 cm³/mol. The summed E-state index contributed by atoms with van der Waals surface area (Å²) in [4.78, 5) is 2.58. The van der Waals surface area contributed by atoms with Gasteiger partial charge in [-0.2, -0.15) is 0 Å². The Bertz CT molecular complexity index is 169. The van der Waals surface area contributed by atoms with Gasteiger partial charge in [0.05, 0.1) is 6.61 Å². The lowest BCUT2D eigenvalue weighted by Crippen LogP contribution is -2.51. The molecule has 0 radical (unpaired) electrons. The van der Waals surface area contributed by atoms with Gasteiger partial charge in [-0.05, 0) is 26.2 Å². The van der Waals surface area contributed by atoms with Gasteiger partial charge in [-0.1, -0.05) is 13.3 Å². The van der Waals surface area contributed by atoms with Crippen LogP contribution in [-0.2, 0) is 4.74 Å². The molecular weight excluding hydrogens is 188 g/mol.